The minimum Gasteiger partial charge on any atom is -0.368 e. The van der Waals surface area contributed by atoms with Gasteiger partial charge in [-0.15, -0.1) is 0 Å². The van der Waals surface area contributed by atoms with Crippen LogP contribution >= 0.6 is 7.82 Å². The summed E-state index contributed by atoms with van der Waals surface area (Å²) in [5.41, 5.74) is 0. The average Bonchev–Trinajstić information content (AvgIpc) is 1.80. The van der Waals surface area contributed by atoms with Gasteiger partial charge < -0.3 is 20.0 Å². The number of aliphatic hydroxyl groups is 2. The molecule has 8 heteroatoms. The lowest BCUT2D eigenvalue weighted by Crippen LogP contribution is -2.16. The van der Waals surface area contributed by atoms with Crippen LogP contribution < -0.4 is 0 Å². The lowest BCUT2D eigenvalue weighted by molar-refractivity contribution is -0.129. The first kappa shape index (κ1) is 11.7. The molecule has 0 aliphatic rings. The van der Waals surface area contributed by atoms with Crippen molar-refractivity contribution in [2.45, 2.75) is 12.7 Å². The molecule has 0 radical (unpaired) electrons. The van der Waals surface area contributed by atoms with Gasteiger partial charge in [0.2, 0.25) is 0 Å². The molecule has 0 saturated heterocycles. The molecule has 0 saturated carbocycles. The largest absolute Gasteiger partial charge is 0.470 e. The molecule has 7 nitrogen and oxygen atoms in total. The smallest absolute Gasteiger partial charge is 0.368 e. The number of phosphoric ester groups is 1. The van der Waals surface area contributed by atoms with Crippen molar-refractivity contribution >= 4 is 13.6 Å². The fourth-order valence-electron chi connectivity index (χ4n) is 0.419. The van der Waals surface area contributed by atoms with Gasteiger partial charge in [-0.2, -0.15) is 0 Å². The quantitative estimate of drug-likeness (QED) is 0.310. The third kappa shape index (κ3) is 7.80. The molecule has 0 heterocycles. The van der Waals surface area contributed by atoms with Gasteiger partial charge >= 0.3 is 7.82 Å². The first-order chi connectivity index (χ1) is 5.31. The van der Waals surface area contributed by atoms with Crippen LogP contribution in [0.25, 0.3) is 0 Å². The average molecular weight is 200 g/mol. The highest BCUT2D eigenvalue weighted by Gasteiger charge is 2.17. The predicted molar refractivity (Wildman–Crippen MR) is 35.8 cm³/mol. The van der Waals surface area contributed by atoms with E-state index in [-0.39, 0.29) is 0 Å². The number of ketones is 1. The van der Waals surface area contributed by atoms with E-state index in [1.165, 1.54) is 0 Å². The lowest BCUT2D eigenvalue weighted by Gasteiger charge is -2.04. The Bertz CT molecular complexity index is 194. The SMILES string of the molecule is O=C(COP(=O)(O)O)CC(O)O. The molecule has 0 aliphatic heterocycles. The minimum absolute atomic E-state index is 0.611. The van der Waals surface area contributed by atoms with Crippen molar-refractivity contribution in [2.24, 2.45) is 0 Å². The van der Waals surface area contributed by atoms with E-state index in [2.05, 4.69) is 4.52 Å². The zero-order valence-electron chi connectivity index (χ0n) is 5.95. The Kier molecular flexibility index (Phi) is 4.54. The van der Waals surface area contributed by atoms with Crippen LogP contribution in [0.5, 0.6) is 0 Å². The van der Waals surface area contributed by atoms with E-state index >= 15 is 0 Å². The second-order valence-electron chi connectivity index (χ2n) is 1.99. The Morgan fingerprint density at radius 3 is 2.25 bits per heavy atom. The van der Waals surface area contributed by atoms with E-state index in [1.807, 2.05) is 0 Å². The van der Waals surface area contributed by atoms with Crippen LogP contribution in [0.3, 0.4) is 0 Å². The summed E-state index contributed by atoms with van der Waals surface area (Å²) in [7, 11) is -4.65. The molecule has 0 rings (SSSR count). The number of rotatable bonds is 5. The van der Waals surface area contributed by atoms with Crippen LogP contribution in [0.4, 0.5) is 0 Å². The van der Waals surface area contributed by atoms with Crippen molar-refractivity contribution in [3.63, 3.8) is 0 Å². The van der Waals surface area contributed by atoms with Crippen molar-refractivity contribution in [3.05, 3.63) is 0 Å². The van der Waals surface area contributed by atoms with E-state index in [1.54, 1.807) is 0 Å². The Morgan fingerprint density at radius 1 is 1.42 bits per heavy atom. The molecule has 4 N–H and O–H groups in total. The number of carbonyl (C=O) groups excluding carboxylic acids is 1. The summed E-state index contributed by atoms with van der Waals surface area (Å²) in [5.74, 6) is -0.798. The molecule has 0 spiro atoms. The van der Waals surface area contributed by atoms with Gasteiger partial charge in [0, 0.05) is 0 Å². The number of Topliss-reactive ketones (excluding diaryl/α,β-unsaturated/α-hetero) is 1. The van der Waals surface area contributed by atoms with Crippen LogP contribution in [0.1, 0.15) is 6.42 Å². The van der Waals surface area contributed by atoms with Crippen molar-refractivity contribution in [1.29, 1.82) is 0 Å². The predicted octanol–water partition coefficient (Wildman–Crippen LogP) is -1.63. The Balaban J connectivity index is 3.66. The topological polar surface area (TPSA) is 124 Å². The zero-order valence-corrected chi connectivity index (χ0v) is 6.85. The zero-order chi connectivity index (χ0) is 9.78. The third-order valence-electron chi connectivity index (χ3n) is 0.804. The fraction of sp³-hybridized carbons (Fsp3) is 0.750. The Morgan fingerprint density at radius 2 is 1.92 bits per heavy atom. The van der Waals surface area contributed by atoms with Gasteiger partial charge in [-0.25, -0.2) is 4.57 Å². The number of hydrogen-bond acceptors (Lipinski definition) is 5. The molecule has 0 aromatic carbocycles. The van der Waals surface area contributed by atoms with E-state index in [0.717, 1.165) is 0 Å². The molecule has 0 atom stereocenters. The van der Waals surface area contributed by atoms with Crippen LogP contribution in [0, 0.1) is 0 Å². The van der Waals surface area contributed by atoms with E-state index in [4.69, 9.17) is 20.0 Å². The summed E-state index contributed by atoms with van der Waals surface area (Å²) in [6.07, 6.45) is -2.43. The molecular weight excluding hydrogens is 191 g/mol. The van der Waals surface area contributed by atoms with Crippen molar-refractivity contribution in [2.75, 3.05) is 6.61 Å². The summed E-state index contributed by atoms with van der Waals surface area (Å²) in [6.45, 7) is -0.831. The van der Waals surface area contributed by atoms with Gasteiger partial charge in [-0.05, 0) is 0 Å². The number of phosphoric acid groups is 1. The minimum atomic E-state index is -4.65. The van der Waals surface area contributed by atoms with Gasteiger partial charge in [0.1, 0.15) is 6.61 Å². The summed E-state index contributed by atoms with van der Waals surface area (Å²) in [5, 5.41) is 16.5. The summed E-state index contributed by atoms with van der Waals surface area (Å²) < 4.78 is 13.8. The Labute approximate surface area is 67.8 Å². The maximum Gasteiger partial charge on any atom is 0.470 e. The standard InChI is InChI=1S/C4H9O7P/c5-3(1-4(6)7)2-11-12(8,9)10/h4,6-7H,1-2H2,(H2,8,9,10). The normalized spacial score (nSPS) is 12.1. The molecule has 72 valence electrons. The van der Waals surface area contributed by atoms with Crippen molar-refractivity contribution in [3.8, 4) is 0 Å². The third-order valence-corrected chi connectivity index (χ3v) is 1.27. The number of carbonyl (C=O) groups is 1. The molecule has 0 aliphatic carbocycles. The molecule has 0 amide bonds. The highest BCUT2D eigenvalue weighted by atomic mass is 31.2. The van der Waals surface area contributed by atoms with Crippen LogP contribution in [0.15, 0.2) is 0 Å². The fourth-order valence-corrected chi connectivity index (χ4v) is 0.731. The van der Waals surface area contributed by atoms with Crippen LogP contribution in [-0.2, 0) is 13.9 Å². The Hall–Kier alpha value is -0.300. The molecule has 0 fully saturated rings. The second-order valence-corrected chi connectivity index (χ2v) is 3.23. The summed E-state index contributed by atoms with van der Waals surface area (Å²) in [4.78, 5) is 26.7. The molecule has 0 aromatic heterocycles. The molecular formula is C4H9O7P. The van der Waals surface area contributed by atoms with Gasteiger partial charge in [0.15, 0.2) is 12.1 Å². The van der Waals surface area contributed by atoms with Crippen LogP contribution in [0.2, 0.25) is 0 Å². The van der Waals surface area contributed by atoms with Gasteiger partial charge in [0.25, 0.3) is 0 Å². The molecule has 12 heavy (non-hydrogen) atoms. The molecule has 0 unspecified atom stereocenters. The van der Waals surface area contributed by atoms with E-state index < -0.39 is 32.9 Å². The van der Waals surface area contributed by atoms with Crippen molar-refractivity contribution < 1.29 is 33.9 Å². The monoisotopic (exact) mass is 200 g/mol. The van der Waals surface area contributed by atoms with Gasteiger partial charge in [-0.1, -0.05) is 0 Å². The first-order valence-corrected chi connectivity index (χ1v) is 4.42. The van der Waals surface area contributed by atoms with Gasteiger partial charge in [-0.3, -0.25) is 9.32 Å². The van der Waals surface area contributed by atoms with Crippen LogP contribution in [-0.4, -0.2) is 38.7 Å². The molecule has 0 aromatic rings. The maximum atomic E-state index is 10.5. The summed E-state index contributed by atoms with van der Waals surface area (Å²) in [6, 6.07) is 0. The maximum absolute atomic E-state index is 10.5. The van der Waals surface area contributed by atoms with E-state index in [9.17, 15) is 9.36 Å². The lowest BCUT2D eigenvalue weighted by atomic mass is 10.3. The summed E-state index contributed by atoms with van der Waals surface area (Å²) >= 11 is 0. The molecule has 0 bridgehead atoms. The van der Waals surface area contributed by atoms with Crippen molar-refractivity contribution in [1.82, 2.24) is 0 Å². The number of hydrogen-bond donors (Lipinski definition) is 4. The first-order valence-electron chi connectivity index (χ1n) is 2.89. The highest BCUT2D eigenvalue weighted by Crippen LogP contribution is 2.35. The second kappa shape index (κ2) is 4.66. The number of aliphatic hydroxyl groups excluding tert-OH is 1. The highest BCUT2D eigenvalue weighted by molar-refractivity contribution is 7.46. The van der Waals surface area contributed by atoms with E-state index in [0.29, 0.717) is 0 Å². The van der Waals surface area contributed by atoms with Gasteiger partial charge in [0.05, 0.1) is 6.42 Å².